The van der Waals surface area contributed by atoms with E-state index >= 15 is 0 Å². The monoisotopic (exact) mass is 269 g/mol. The minimum Gasteiger partial charge on any atom is -0.457 e. The molecule has 0 bridgehead atoms. The summed E-state index contributed by atoms with van der Waals surface area (Å²) in [5.41, 5.74) is 8.34. The van der Waals surface area contributed by atoms with Crippen LogP contribution in [-0.4, -0.2) is 0 Å². The Morgan fingerprint density at radius 1 is 1.00 bits per heavy atom. The lowest BCUT2D eigenvalue weighted by atomic mass is 9.99. The molecule has 0 aliphatic rings. The highest BCUT2D eigenvalue weighted by molar-refractivity contribution is 5.40. The van der Waals surface area contributed by atoms with Crippen LogP contribution < -0.4 is 10.5 Å². The van der Waals surface area contributed by atoms with E-state index in [1.54, 1.807) is 0 Å². The summed E-state index contributed by atoms with van der Waals surface area (Å²) in [6, 6.07) is 16.2. The molecule has 0 fully saturated rings. The molecule has 2 N–H and O–H groups in total. The van der Waals surface area contributed by atoms with Crippen LogP contribution in [0.3, 0.4) is 0 Å². The van der Waals surface area contributed by atoms with Crippen molar-refractivity contribution in [1.82, 2.24) is 0 Å². The molecule has 2 aromatic carbocycles. The number of hydrogen-bond donors (Lipinski definition) is 1. The first-order valence-electron chi connectivity index (χ1n) is 7.24. The van der Waals surface area contributed by atoms with Crippen molar-refractivity contribution in [2.24, 2.45) is 5.73 Å². The van der Waals surface area contributed by atoms with Crippen molar-refractivity contribution in [3.8, 4) is 11.5 Å². The lowest BCUT2D eigenvalue weighted by Gasteiger charge is -2.14. The molecular weight excluding hydrogens is 246 g/mol. The number of benzene rings is 2. The van der Waals surface area contributed by atoms with E-state index in [2.05, 4.69) is 26.0 Å². The highest BCUT2D eigenvalue weighted by Gasteiger charge is 2.08. The molecule has 106 valence electrons. The van der Waals surface area contributed by atoms with E-state index in [4.69, 9.17) is 10.5 Å². The van der Waals surface area contributed by atoms with Crippen LogP contribution in [0.2, 0.25) is 0 Å². The Labute approximate surface area is 121 Å². The van der Waals surface area contributed by atoms with Gasteiger partial charge >= 0.3 is 0 Å². The Kier molecular flexibility index (Phi) is 4.80. The van der Waals surface area contributed by atoms with E-state index in [0.29, 0.717) is 5.92 Å². The van der Waals surface area contributed by atoms with Gasteiger partial charge < -0.3 is 10.5 Å². The van der Waals surface area contributed by atoms with Crippen molar-refractivity contribution in [3.05, 3.63) is 59.7 Å². The molecular formula is C18H23NO. The molecule has 2 aromatic rings. The average molecular weight is 269 g/mol. The van der Waals surface area contributed by atoms with Gasteiger partial charge in [-0.15, -0.1) is 0 Å². The Morgan fingerprint density at radius 3 is 2.25 bits per heavy atom. The molecule has 0 heterocycles. The van der Waals surface area contributed by atoms with Crippen molar-refractivity contribution < 1.29 is 4.74 Å². The minimum absolute atomic E-state index is 0.0365. The van der Waals surface area contributed by atoms with E-state index in [1.165, 1.54) is 5.56 Å². The molecule has 0 radical (unpaired) electrons. The Balaban J connectivity index is 2.18. The standard InChI is InChI=1S/C18H23NO/c1-4-13(2)15-9-11-16(12-10-15)20-18-8-6-5-7-17(18)14(3)19/h5-14H,4,19H2,1-3H3/t13?,14-/m0/s1. The smallest absolute Gasteiger partial charge is 0.132 e. The first kappa shape index (κ1) is 14.6. The lowest BCUT2D eigenvalue weighted by molar-refractivity contribution is 0.471. The number of nitrogens with two attached hydrogens (primary N) is 1. The fraction of sp³-hybridized carbons (Fsp3) is 0.333. The summed E-state index contributed by atoms with van der Waals surface area (Å²) in [5.74, 6) is 2.27. The summed E-state index contributed by atoms with van der Waals surface area (Å²) in [7, 11) is 0. The van der Waals surface area contributed by atoms with Crippen LogP contribution in [0.4, 0.5) is 0 Å². The predicted molar refractivity (Wildman–Crippen MR) is 84.3 cm³/mol. The second kappa shape index (κ2) is 6.58. The molecule has 0 amide bonds. The molecule has 1 unspecified atom stereocenters. The van der Waals surface area contributed by atoms with Gasteiger partial charge in [-0.05, 0) is 43.0 Å². The second-order valence-electron chi connectivity index (χ2n) is 5.31. The molecule has 0 saturated heterocycles. The third kappa shape index (κ3) is 3.40. The third-order valence-corrected chi connectivity index (χ3v) is 3.70. The second-order valence-corrected chi connectivity index (χ2v) is 5.31. The maximum Gasteiger partial charge on any atom is 0.132 e. The Hall–Kier alpha value is -1.80. The molecule has 2 atom stereocenters. The van der Waals surface area contributed by atoms with Gasteiger partial charge in [0, 0.05) is 11.6 Å². The largest absolute Gasteiger partial charge is 0.457 e. The molecule has 0 saturated carbocycles. The Bertz CT molecular complexity index is 546. The van der Waals surface area contributed by atoms with Crippen LogP contribution in [0.25, 0.3) is 0 Å². The first-order chi connectivity index (χ1) is 9.61. The number of hydrogen-bond acceptors (Lipinski definition) is 2. The molecule has 0 spiro atoms. The fourth-order valence-electron chi connectivity index (χ4n) is 2.18. The van der Waals surface area contributed by atoms with Crippen LogP contribution in [0.5, 0.6) is 11.5 Å². The zero-order valence-corrected chi connectivity index (χ0v) is 12.5. The van der Waals surface area contributed by atoms with Crippen molar-refractivity contribution >= 4 is 0 Å². The van der Waals surface area contributed by atoms with Crippen molar-refractivity contribution in [1.29, 1.82) is 0 Å². The van der Waals surface area contributed by atoms with Gasteiger partial charge in [-0.25, -0.2) is 0 Å². The first-order valence-corrected chi connectivity index (χ1v) is 7.24. The molecule has 0 aliphatic carbocycles. The van der Waals surface area contributed by atoms with E-state index in [-0.39, 0.29) is 6.04 Å². The van der Waals surface area contributed by atoms with E-state index < -0.39 is 0 Å². The number of ether oxygens (including phenoxy) is 1. The summed E-state index contributed by atoms with van der Waals surface area (Å²) in [5, 5.41) is 0. The summed E-state index contributed by atoms with van der Waals surface area (Å²) in [4.78, 5) is 0. The molecule has 0 aliphatic heterocycles. The van der Waals surface area contributed by atoms with Gasteiger partial charge in [0.1, 0.15) is 11.5 Å². The maximum atomic E-state index is 5.97. The summed E-state index contributed by atoms with van der Waals surface area (Å²) in [6.45, 7) is 6.41. The van der Waals surface area contributed by atoms with Gasteiger partial charge in [0.05, 0.1) is 0 Å². The van der Waals surface area contributed by atoms with Gasteiger partial charge in [0.15, 0.2) is 0 Å². The van der Waals surface area contributed by atoms with Crippen LogP contribution in [0.1, 0.15) is 50.3 Å². The topological polar surface area (TPSA) is 35.2 Å². The van der Waals surface area contributed by atoms with Gasteiger partial charge in [-0.3, -0.25) is 0 Å². The highest BCUT2D eigenvalue weighted by Crippen LogP contribution is 2.29. The molecule has 2 nitrogen and oxygen atoms in total. The molecule has 2 heteroatoms. The van der Waals surface area contributed by atoms with E-state index in [9.17, 15) is 0 Å². The highest BCUT2D eigenvalue weighted by atomic mass is 16.5. The van der Waals surface area contributed by atoms with E-state index in [0.717, 1.165) is 23.5 Å². The van der Waals surface area contributed by atoms with Gasteiger partial charge in [-0.1, -0.05) is 44.2 Å². The van der Waals surface area contributed by atoms with Crippen molar-refractivity contribution in [2.75, 3.05) is 0 Å². The van der Waals surface area contributed by atoms with Crippen molar-refractivity contribution in [3.63, 3.8) is 0 Å². The fourth-order valence-corrected chi connectivity index (χ4v) is 2.18. The average Bonchev–Trinajstić information content (AvgIpc) is 2.47. The number of rotatable bonds is 5. The van der Waals surface area contributed by atoms with Gasteiger partial charge in [0.25, 0.3) is 0 Å². The zero-order chi connectivity index (χ0) is 14.5. The molecule has 20 heavy (non-hydrogen) atoms. The van der Waals surface area contributed by atoms with Crippen LogP contribution in [0, 0.1) is 0 Å². The SMILES string of the molecule is CCC(C)c1ccc(Oc2ccccc2[C@H](C)N)cc1. The van der Waals surface area contributed by atoms with E-state index in [1.807, 2.05) is 43.3 Å². The molecule has 0 aromatic heterocycles. The normalized spacial score (nSPS) is 13.8. The quantitative estimate of drug-likeness (QED) is 0.827. The summed E-state index contributed by atoms with van der Waals surface area (Å²) >= 11 is 0. The molecule has 2 rings (SSSR count). The summed E-state index contributed by atoms with van der Waals surface area (Å²) < 4.78 is 5.96. The number of para-hydroxylation sites is 1. The maximum absolute atomic E-state index is 5.97. The summed E-state index contributed by atoms with van der Waals surface area (Å²) in [6.07, 6.45) is 1.15. The Morgan fingerprint density at radius 2 is 1.65 bits per heavy atom. The third-order valence-electron chi connectivity index (χ3n) is 3.70. The van der Waals surface area contributed by atoms with Gasteiger partial charge in [-0.2, -0.15) is 0 Å². The van der Waals surface area contributed by atoms with Gasteiger partial charge in [0.2, 0.25) is 0 Å². The lowest BCUT2D eigenvalue weighted by Crippen LogP contribution is -2.06. The minimum atomic E-state index is -0.0365. The van der Waals surface area contributed by atoms with Crippen molar-refractivity contribution in [2.45, 2.75) is 39.2 Å². The van der Waals surface area contributed by atoms with Crippen LogP contribution >= 0.6 is 0 Å². The zero-order valence-electron chi connectivity index (χ0n) is 12.5. The van der Waals surface area contributed by atoms with Crippen LogP contribution in [-0.2, 0) is 0 Å². The predicted octanol–water partition coefficient (Wildman–Crippen LogP) is 5.01. The van der Waals surface area contributed by atoms with Crippen LogP contribution in [0.15, 0.2) is 48.5 Å².